The summed E-state index contributed by atoms with van der Waals surface area (Å²) in [5, 5.41) is 0.489. The van der Waals surface area contributed by atoms with Crippen LogP contribution in [0.5, 0.6) is 0 Å². The van der Waals surface area contributed by atoms with Crippen molar-refractivity contribution in [2.24, 2.45) is 17.8 Å². The molecule has 0 radical (unpaired) electrons. The van der Waals surface area contributed by atoms with Gasteiger partial charge in [0, 0.05) is 17.4 Å². The number of Topliss-reactive ketones (excluding diaryl/α,β-unsaturated/α-hetero) is 1. The van der Waals surface area contributed by atoms with E-state index in [1.165, 1.54) is 24.6 Å². The van der Waals surface area contributed by atoms with Gasteiger partial charge in [-0.25, -0.2) is 4.39 Å². The fourth-order valence-electron chi connectivity index (χ4n) is 2.99. The molecule has 0 N–H and O–H groups in total. The van der Waals surface area contributed by atoms with Gasteiger partial charge in [-0.1, -0.05) is 11.6 Å². The SMILES string of the molecule is O=C(Cc1cc(F)ccc1Cl)C1CC2CC2C1. The number of fused-ring (bicyclic) bond motifs is 1. The van der Waals surface area contributed by atoms with Crippen LogP contribution in [-0.4, -0.2) is 5.78 Å². The lowest BCUT2D eigenvalue weighted by Gasteiger charge is -2.11. The maximum absolute atomic E-state index is 13.1. The standard InChI is InChI=1S/C14H14ClFO/c15-13-2-1-12(16)6-10(13)7-14(17)11-4-8-3-9(8)5-11/h1-2,6,8-9,11H,3-5,7H2. The lowest BCUT2D eigenvalue weighted by Crippen LogP contribution is -2.15. The van der Waals surface area contributed by atoms with Gasteiger partial charge in [-0.15, -0.1) is 0 Å². The van der Waals surface area contributed by atoms with Crippen molar-refractivity contribution in [3.05, 3.63) is 34.6 Å². The van der Waals surface area contributed by atoms with Crippen molar-refractivity contribution in [1.82, 2.24) is 0 Å². The monoisotopic (exact) mass is 252 g/mol. The van der Waals surface area contributed by atoms with E-state index in [9.17, 15) is 9.18 Å². The van der Waals surface area contributed by atoms with Gasteiger partial charge in [0.25, 0.3) is 0 Å². The number of carbonyl (C=O) groups is 1. The van der Waals surface area contributed by atoms with Crippen LogP contribution in [0, 0.1) is 23.6 Å². The Morgan fingerprint density at radius 2 is 2.00 bits per heavy atom. The average Bonchev–Trinajstić information content (AvgIpc) is 2.91. The molecule has 2 fully saturated rings. The van der Waals surface area contributed by atoms with Gasteiger partial charge >= 0.3 is 0 Å². The number of hydrogen-bond donors (Lipinski definition) is 0. The van der Waals surface area contributed by atoms with E-state index in [1.807, 2.05) is 0 Å². The predicted octanol–water partition coefficient (Wildman–Crippen LogP) is 3.64. The third-order valence-corrected chi connectivity index (χ3v) is 4.44. The van der Waals surface area contributed by atoms with Crippen LogP contribution in [0.1, 0.15) is 24.8 Å². The summed E-state index contributed by atoms with van der Waals surface area (Å²) in [7, 11) is 0. The van der Waals surface area contributed by atoms with Crippen molar-refractivity contribution >= 4 is 17.4 Å². The van der Waals surface area contributed by atoms with Crippen molar-refractivity contribution in [1.29, 1.82) is 0 Å². The molecule has 1 nitrogen and oxygen atoms in total. The highest BCUT2D eigenvalue weighted by Crippen LogP contribution is 2.54. The van der Waals surface area contributed by atoms with E-state index in [0.29, 0.717) is 10.6 Å². The molecule has 0 spiro atoms. The molecule has 2 aliphatic rings. The van der Waals surface area contributed by atoms with Gasteiger partial charge < -0.3 is 0 Å². The van der Waals surface area contributed by atoms with Crippen molar-refractivity contribution < 1.29 is 9.18 Å². The lowest BCUT2D eigenvalue weighted by molar-refractivity contribution is -0.122. The van der Waals surface area contributed by atoms with Gasteiger partial charge in [0.15, 0.2) is 0 Å². The van der Waals surface area contributed by atoms with Crippen LogP contribution in [0.25, 0.3) is 0 Å². The maximum Gasteiger partial charge on any atom is 0.140 e. The number of rotatable bonds is 3. The summed E-state index contributed by atoms with van der Waals surface area (Å²) < 4.78 is 13.1. The molecule has 2 saturated carbocycles. The molecule has 1 aromatic rings. The van der Waals surface area contributed by atoms with E-state index in [2.05, 4.69) is 0 Å². The Bertz CT molecular complexity index is 461. The van der Waals surface area contributed by atoms with Crippen LogP contribution < -0.4 is 0 Å². The largest absolute Gasteiger partial charge is 0.299 e. The quantitative estimate of drug-likeness (QED) is 0.803. The normalized spacial score (nSPS) is 30.1. The number of carbonyl (C=O) groups excluding carboxylic acids is 1. The molecule has 1 aromatic carbocycles. The smallest absolute Gasteiger partial charge is 0.140 e. The summed E-state index contributed by atoms with van der Waals surface area (Å²) in [6.07, 6.45) is 3.66. The lowest BCUT2D eigenvalue weighted by atomic mass is 9.93. The molecule has 0 aromatic heterocycles. The Morgan fingerprint density at radius 1 is 1.29 bits per heavy atom. The third-order valence-electron chi connectivity index (χ3n) is 4.07. The summed E-state index contributed by atoms with van der Waals surface area (Å²) in [6.45, 7) is 0. The molecule has 90 valence electrons. The zero-order valence-electron chi connectivity index (χ0n) is 9.46. The minimum atomic E-state index is -0.327. The first-order valence-electron chi connectivity index (χ1n) is 6.10. The zero-order valence-corrected chi connectivity index (χ0v) is 10.2. The highest BCUT2D eigenvalue weighted by atomic mass is 35.5. The fourth-order valence-corrected chi connectivity index (χ4v) is 3.17. The summed E-state index contributed by atoms with van der Waals surface area (Å²) in [6, 6.07) is 4.21. The van der Waals surface area contributed by atoms with E-state index < -0.39 is 0 Å². The topological polar surface area (TPSA) is 17.1 Å². The van der Waals surface area contributed by atoms with E-state index in [1.54, 1.807) is 0 Å². The van der Waals surface area contributed by atoms with E-state index in [-0.39, 0.29) is 23.9 Å². The highest BCUT2D eigenvalue weighted by Gasteiger charge is 2.47. The predicted molar refractivity (Wildman–Crippen MR) is 64.4 cm³/mol. The van der Waals surface area contributed by atoms with Gasteiger partial charge in [0.1, 0.15) is 11.6 Å². The van der Waals surface area contributed by atoms with Gasteiger partial charge in [-0.05, 0) is 54.9 Å². The van der Waals surface area contributed by atoms with E-state index in [0.717, 1.165) is 24.7 Å². The molecular weight excluding hydrogens is 239 g/mol. The first-order chi connectivity index (χ1) is 8.13. The van der Waals surface area contributed by atoms with Crippen molar-refractivity contribution in [2.75, 3.05) is 0 Å². The van der Waals surface area contributed by atoms with Crippen molar-refractivity contribution in [2.45, 2.75) is 25.7 Å². The molecule has 2 atom stereocenters. The minimum absolute atomic E-state index is 0.193. The van der Waals surface area contributed by atoms with Crippen molar-refractivity contribution in [3.8, 4) is 0 Å². The molecule has 17 heavy (non-hydrogen) atoms. The Balaban J connectivity index is 1.69. The number of ketones is 1. The second kappa shape index (κ2) is 4.09. The molecular formula is C14H14ClFO. The van der Waals surface area contributed by atoms with Gasteiger partial charge in [0.05, 0.1) is 0 Å². The Morgan fingerprint density at radius 3 is 2.71 bits per heavy atom. The Kier molecular flexibility index (Phi) is 2.70. The van der Waals surface area contributed by atoms with Crippen LogP contribution in [0.2, 0.25) is 5.02 Å². The van der Waals surface area contributed by atoms with E-state index in [4.69, 9.17) is 11.6 Å². The molecule has 2 unspecified atom stereocenters. The molecule has 0 aliphatic heterocycles. The van der Waals surface area contributed by atoms with Crippen LogP contribution in [0.4, 0.5) is 4.39 Å². The maximum atomic E-state index is 13.1. The minimum Gasteiger partial charge on any atom is -0.299 e. The van der Waals surface area contributed by atoms with Crippen LogP contribution >= 0.6 is 11.6 Å². The third kappa shape index (κ3) is 2.23. The average molecular weight is 253 g/mol. The first-order valence-corrected chi connectivity index (χ1v) is 6.48. The van der Waals surface area contributed by atoms with Crippen LogP contribution in [0.15, 0.2) is 18.2 Å². The number of hydrogen-bond acceptors (Lipinski definition) is 1. The molecule has 2 aliphatic carbocycles. The van der Waals surface area contributed by atoms with Crippen LogP contribution in [0.3, 0.4) is 0 Å². The van der Waals surface area contributed by atoms with Gasteiger partial charge in [-0.2, -0.15) is 0 Å². The Hall–Kier alpha value is -0.890. The molecule has 0 bridgehead atoms. The number of benzene rings is 1. The summed E-state index contributed by atoms with van der Waals surface area (Å²) in [5.74, 6) is 1.69. The molecule has 3 rings (SSSR count). The molecule has 0 heterocycles. The second-order valence-corrected chi connectivity index (χ2v) is 5.71. The van der Waals surface area contributed by atoms with E-state index >= 15 is 0 Å². The molecule has 0 saturated heterocycles. The summed E-state index contributed by atoms with van der Waals surface area (Å²) in [4.78, 5) is 12.1. The summed E-state index contributed by atoms with van der Waals surface area (Å²) >= 11 is 5.97. The van der Waals surface area contributed by atoms with Gasteiger partial charge in [-0.3, -0.25) is 4.79 Å². The summed E-state index contributed by atoms with van der Waals surface area (Å²) in [5.41, 5.74) is 0.622. The molecule has 0 amide bonds. The van der Waals surface area contributed by atoms with Gasteiger partial charge in [0.2, 0.25) is 0 Å². The zero-order chi connectivity index (χ0) is 12.0. The fraction of sp³-hybridized carbons (Fsp3) is 0.500. The molecule has 3 heteroatoms. The Labute approximate surface area is 105 Å². The number of halogens is 2. The van der Waals surface area contributed by atoms with Crippen LogP contribution in [-0.2, 0) is 11.2 Å². The van der Waals surface area contributed by atoms with Crippen molar-refractivity contribution in [3.63, 3.8) is 0 Å². The highest BCUT2D eigenvalue weighted by molar-refractivity contribution is 6.31. The first kappa shape index (κ1) is 11.2. The second-order valence-electron chi connectivity index (χ2n) is 5.30.